The Balaban J connectivity index is 0.000000445. The number of benzene rings is 4. The molecular formula is C75H113N3O17S. The summed E-state index contributed by atoms with van der Waals surface area (Å²) in [5.41, 5.74) is 5.35. The number of hydrogen-bond donors (Lipinski definition) is 7. The molecule has 96 heavy (non-hydrogen) atoms. The van der Waals surface area contributed by atoms with Gasteiger partial charge in [0.15, 0.2) is 0 Å². The first-order valence-electron chi connectivity index (χ1n) is 32.4. The topological polar surface area (TPSA) is 284 Å². The first-order chi connectivity index (χ1) is 44.0. The molecule has 21 heteroatoms. The van der Waals surface area contributed by atoms with E-state index < -0.39 is 53.1 Å². The standard InChI is InChI=1S/C23H34O9.C19H29NO4S.C17H25NO2.C16H25NO2/c1-22(2,3)10-14-9-13(11-29-21(28)23(4,5)6)7-8-15(14)31-20-18(27)16(25)17(26)19(32-20)30-12-24;1-18(2,3)17(23)24-11-12-25-15(20-19(4,5)6)13-7-9-14(10-8-13)16(21)22;1-13(2)16(19)20-12-6-7-14-8-10-15(11-9-14)18-17(3,4)5;1-15(2,3)14(18)19-11-12-7-9-13(10-8-12)17-16(4,5)6/h7-9,12,16-20,25-27H,10-11H2,1-6H3;7-10,15,20H,11-12H2,1-6H3,(H,21,22);6-11,13,18H,12H2,1-5H3;7-10,17H,11H2,1-6H3/b;;7-6+;/t16-,17-,18+,19-,20+;;;/m0.../s1. The minimum atomic E-state index is -1.64. The Kier molecular flexibility index (Phi) is 33.4. The van der Waals surface area contributed by atoms with Crippen LogP contribution in [0.2, 0.25) is 0 Å². The van der Waals surface area contributed by atoms with Gasteiger partial charge in [-0.15, -0.1) is 11.8 Å². The Hall–Kier alpha value is -7.01. The third-order valence-corrected chi connectivity index (χ3v) is 14.1. The van der Waals surface area contributed by atoms with E-state index in [0.717, 1.165) is 39.2 Å². The number of anilines is 2. The van der Waals surface area contributed by atoms with Crippen molar-refractivity contribution in [1.29, 1.82) is 0 Å². The molecule has 7 N–H and O–H groups in total. The molecule has 1 aliphatic heterocycles. The molecule has 4 aromatic carbocycles. The summed E-state index contributed by atoms with van der Waals surface area (Å²) in [6.45, 7) is 46.3. The fraction of sp³-hybridized carbons (Fsp3) is 0.573. The highest BCUT2D eigenvalue weighted by Crippen LogP contribution is 2.34. The Labute approximate surface area is 575 Å². The molecule has 20 nitrogen and oxygen atoms in total. The van der Waals surface area contributed by atoms with E-state index in [1.54, 1.807) is 56.8 Å². The second kappa shape index (κ2) is 37.6. The van der Waals surface area contributed by atoms with Crippen LogP contribution in [0.25, 0.3) is 6.08 Å². The lowest BCUT2D eigenvalue weighted by atomic mass is 9.87. The number of rotatable bonds is 22. The smallest absolute Gasteiger partial charge is 0.335 e. The molecule has 6 atom stereocenters. The Bertz CT molecular complexity index is 3080. The minimum Gasteiger partial charge on any atom is -0.478 e. The number of carbonyl (C=O) groups excluding carboxylic acids is 5. The molecule has 1 unspecified atom stereocenters. The van der Waals surface area contributed by atoms with Crippen LogP contribution in [0, 0.1) is 27.6 Å². The zero-order chi connectivity index (χ0) is 73.4. The van der Waals surface area contributed by atoms with Crippen molar-refractivity contribution in [3.05, 3.63) is 130 Å². The Morgan fingerprint density at radius 1 is 0.573 bits per heavy atom. The summed E-state index contributed by atoms with van der Waals surface area (Å²) >= 11 is 1.63. The summed E-state index contributed by atoms with van der Waals surface area (Å²) in [7, 11) is 0. The van der Waals surface area contributed by atoms with Crippen LogP contribution in [0.15, 0.2) is 97.1 Å². The van der Waals surface area contributed by atoms with Gasteiger partial charge in [0.05, 0.1) is 33.1 Å². The first kappa shape index (κ1) is 85.1. The second-order valence-electron chi connectivity index (χ2n) is 31.2. The fourth-order valence-corrected chi connectivity index (χ4v) is 9.33. The molecule has 1 saturated heterocycles. The molecule has 0 radical (unpaired) electrons. The lowest BCUT2D eigenvalue weighted by Gasteiger charge is -2.39. The number of nitrogens with one attached hydrogen (secondary N) is 3. The molecule has 5 rings (SSSR count). The number of esters is 4. The maximum Gasteiger partial charge on any atom is 0.335 e. The van der Waals surface area contributed by atoms with Gasteiger partial charge in [0.1, 0.15) is 50.5 Å². The predicted octanol–water partition coefficient (Wildman–Crippen LogP) is 13.9. The minimum absolute atomic E-state index is 0.0174. The van der Waals surface area contributed by atoms with Gasteiger partial charge in [-0.3, -0.25) is 34.0 Å². The number of carboxylic acid groups (broad SMARTS) is 1. The van der Waals surface area contributed by atoms with E-state index in [0.29, 0.717) is 37.7 Å². The average molecular weight is 1360 g/mol. The number of aromatic carboxylic acids is 1. The van der Waals surface area contributed by atoms with Gasteiger partial charge in [-0.1, -0.05) is 83.2 Å². The number of aliphatic hydroxyl groups excluding tert-OH is 3. The monoisotopic (exact) mass is 1360 g/mol. The third kappa shape index (κ3) is 34.3. The molecule has 0 amide bonds. The van der Waals surface area contributed by atoms with E-state index >= 15 is 0 Å². The van der Waals surface area contributed by atoms with Gasteiger partial charge in [0, 0.05) is 33.7 Å². The molecule has 1 heterocycles. The lowest BCUT2D eigenvalue weighted by Crippen LogP contribution is -2.59. The van der Waals surface area contributed by atoms with Crippen LogP contribution in [-0.2, 0) is 72.0 Å². The van der Waals surface area contributed by atoms with Crippen LogP contribution in [0.1, 0.15) is 203 Å². The van der Waals surface area contributed by atoms with Crippen molar-refractivity contribution in [2.45, 2.75) is 232 Å². The molecule has 0 aliphatic carbocycles. The van der Waals surface area contributed by atoms with E-state index in [2.05, 4.69) is 83.0 Å². The molecule has 536 valence electrons. The summed E-state index contributed by atoms with van der Waals surface area (Å²) in [6, 6.07) is 28.2. The van der Waals surface area contributed by atoms with Crippen LogP contribution in [-0.4, -0.2) is 123 Å². The van der Waals surface area contributed by atoms with E-state index in [-0.39, 0.29) is 75.8 Å². The maximum atomic E-state index is 12.1. The van der Waals surface area contributed by atoms with E-state index in [1.807, 2.05) is 155 Å². The number of carbonyl (C=O) groups is 6. The lowest BCUT2D eigenvalue weighted by molar-refractivity contribution is -0.321. The zero-order valence-electron chi connectivity index (χ0n) is 61.2. The Morgan fingerprint density at radius 2 is 1.04 bits per heavy atom. The van der Waals surface area contributed by atoms with Crippen LogP contribution >= 0.6 is 11.8 Å². The molecule has 1 fully saturated rings. The summed E-state index contributed by atoms with van der Waals surface area (Å²) in [5.74, 6) is -0.857. The molecular weight excluding hydrogens is 1250 g/mol. The van der Waals surface area contributed by atoms with Crippen molar-refractivity contribution in [2.75, 3.05) is 29.6 Å². The van der Waals surface area contributed by atoms with Gasteiger partial charge in [-0.05, 0) is 219 Å². The molecule has 0 bridgehead atoms. The molecule has 4 aromatic rings. The summed E-state index contributed by atoms with van der Waals surface area (Å²) in [4.78, 5) is 68.5. The maximum absolute atomic E-state index is 12.1. The van der Waals surface area contributed by atoms with Crippen molar-refractivity contribution in [1.82, 2.24) is 5.32 Å². The number of carboxylic acids is 1. The highest BCUT2D eigenvalue weighted by molar-refractivity contribution is 7.99. The zero-order valence-corrected chi connectivity index (χ0v) is 62.0. The molecule has 0 spiro atoms. The Morgan fingerprint density at radius 3 is 1.49 bits per heavy atom. The van der Waals surface area contributed by atoms with Gasteiger partial charge >= 0.3 is 29.8 Å². The van der Waals surface area contributed by atoms with Gasteiger partial charge in [-0.25, -0.2) is 4.79 Å². The van der Waals surface area contributed by atoms with E-state index in [9.17, 15) is 44.1 Å². The predicted molar refractivity (Wildman–Crippen MR) is 379 cm³/mol. The van der Waals surface area contributed by atoms with Crippen molar-refractivity contribution >= 4 is 65.5 Å². The van der Waals surface area contributed by atoms with Gasteiger partial charge in [0.2, 0.25) is 12.6 Å². The van der Waals surface area contributed by atoms with Crippen LogP contribution in [0.3, 0.4) is 0 Å². The fourth-order valence-electron chi connectivity index (χ4n) is 8.13. The molecule has 0 saturated carbocycles. The van der Waals surface area contributed by atoms with E-state index in [4.69, 9.17) is 33.5 Å². The molecule has 0 aromatic heterocycles. The van der Waals surface area contributed by atoms with Crippen LogP contribution in [0.5, 0.6) is 5.75 Å². The second-order valence-corrected chi connectivity index (χ2v) is 32.5. The summed E-state index contributed by atoms with van der Waals surface area (Å²) in [6.07, 6.45) is -3.32. The van der Waals surface area contributed by atoms with Gasteiger partial charge < -0.3 is 59.5 Å². The number of thioether (sulfide) groups is 1. The average Bonchev–Trinajstić information content (AvgIpc) is 0.812. The summed E-state index contributed by atoms with van der Waals surface area (Å²) < 4.78 is 36.9. The van der Waals surface area contributed by atoms with Gasteiger partial charge in [0.25, 0.3) is 6.47 Å². The normalized spacial score (nSPS) is 17.1. The van der Waals surface area contributed by atoms with E-state index in [1.165, 1.54) is 0 Å². The van der Waals surface area contributed by atoms with Crippen molar-refractivity contribution < 1.29 is 82.4 Å². The van der Waals surface area contributed by atoms with Crippen molar-refractivity contribution in [3.63, 3.8) is 0 Å². The number of aliphatic hydroxyl groups is 3. The highest BCUT2D eigenvalue weighted by atomic mass is 32.2. The first-order valence-corrected chi connectivity index (χ1v) is 33.4. The van der Waals surface area contributed by atoms with Crippen molar-refractivity contribution in [2.24, 2.45) is 27.6 Å². The molecule has 1 aliphatic rings. The largest absolute Gasteiger partial charge is 0.478 e. The number of hydrogen-bond acceptors (Lipinski definition) is 20. The summed E-state index contributed by atoms with van der Waals surface area (Å²) in [5, 5.41) is 49.6. The quantitative estimate of drug-likeness (QED) is 0.0127. The SMILES string of the molecule is CC(C)(C)Cc1cc(COC(=O)C(C)(C)C)ccc1O[C@@H]1O[C@H](OC=O)[C@@H](O)[C@H](O)[C@H]1O.CC(C)(C)NC(SCCOC(=O)C(C)(C)C)c1ccc(C(=O)O)cc1.CC(C)(C)Nc1ccc(COC(=O)C(C)(C)C)cc1.CC(C)C(=O)OC/C=C/c1ccc(NC(C)(C)C)cc1. The third-order valence-electron chi connectivity index (χ3n) is 13.0. The van der Waals surface area contributed by atoms with Crippen LogP contribution < -0.4 is 20.7 Å². The highest BCUT2D eigenvalue weighted by Gasteiger charge is 2.46. The van der Waals surface area contributed by atoms with Crippen LogP contribution in [0.4, 0.5) is 11.4 Å². The number of ether oxygens (including phenoxy) is 7. The van der Waals surface area contributed by atoms with Gasteiger partial charge in [-0.2, -0.15) is 0 Å². The van der Waals surface area contributed by atoms with Crippen molar-refractivity contribution in [3.8, 4) is 5.75 Å².